The van der Waals surface area contributed by atoms with Crippen LogP contribution in [0.25, 0.3) is 0 Å². The molecule has 0 amide bonds. The van der Waals surface area contributed by atoms with Crippen molar-refractivity contribution in [2.75, 3.05) is 26.4 Å². The Morgan fingerprint density at radius 1 is 0.500 bits per heavy atom. The zero-order valence-corrected chi connectivity index (χ0v) is 38.7. The third-order valence-corrected chi connectivity index (χ3v) is 11.5. The standard InChI is InChI=1S/C48H92NO8P/c1-3-5-7-9-11-13-15-17-19-21-22-23-24-25-27-29-31-33-35-37-39-41-48(51)57-46(45-56-58(52,53)55-43-42-49)44-54-47(50)40-38-36-34-32-30-28-26-20-18-16-14-12-10-8-6-4-2/h20-22,26,46H,3-19,23-25,27-45,49H2,1-2H3,(H,52,53)/b22-21-,26-20-. The second-order valence-electron chi connectivity index (χ2n) is 16.3. The highest BCUT2D eigenvalue weighted by molar-refractivity contribution is 7.47. The number of carbonyl (C=O) groups excluding carboxylic acids is 2. The molecule has 0 fully saturated rings. The third-order valence-electron chi connectivity index (χ3n) is 10.6. The number of hydrogen-bond donors (Lipinski definition) is 2. The van der Waals surface area contributed by atoms with Crippen molar-refractivity contribution in [3.05, 3.63) is 24.3 Å². The fourth-order valence-corrected chi connectivity index (χ4v) is 7.68. The average molecular weight is 842 g/mol. The van der Waals surface area contributed by atoms with Gasteiger partial charge in [-0.15, -0.1) is 0 Å². The molecule has 0 heterocycles. The van der Waals surface area contributed by atoms with Crippen molar-refractivity contribution in [2.24, 2.45) is 5.73 Å². The summed E-state index contributed by atoms with van der Waals surface area (Å²) in [5.74, 6) is -0.832. The molecule has 2 unspecified atom stereocenters. The summed E-state index contributed by atoms with van der Waals surface area (Å²) in [7, 11) is -4.38. The summed E-state index contributed by atoms with van der Waals surface area (Å²) in [4.78, 5) is 35.0. The van der Waals surface area contributed by atoms with Crippen LogP contribution in [0.3, 0.4) is 0 Å². The molecular weight excluding hydrogens is 750 g/mol. The number of phosphoric ester groups is 1. The predicted octanol–water partition coefficient (Wildman–Crippen LogP) is 14.3. The van der Waals surface area contributed by atoms with E-state index in [1.165, 1.54) is 148 Å². The molecule has 0 aromatic heterocycles. The summed E-state index contributed by atoms with van der Waals surface area (Å²) in [6.07, 6.45) is 49.2. The van der Waals surface area contributed by atoms with E-state index in [0.29, 0.717) is 6.42 Å². The Balaban J connectivity index is 4.07. The van der Waals surface area contributed by atoms with E-state index in [2.05, 4.69) is 38.2 Å². The van der Waals surface area contributed by atoms with E-state index >= 15 is 0 Å². The van der Waals surface area contributed by atoms with Crippen molar-refractivity contribution in [3.8, 4) is 0 Å². The topological polar surface area (TPSA) is 134 Å². The highest BCUT2D eigenvalue weighted by Gasteiger charge is 2.26. The molecule has 10 heteroatoms. The number of esters is 2. The molecule has 0 aliphatic carbocycles. The molecule has 0 radical (unpaired) electrons. The molecular formula is C48H92NO8P. The highest BCUT2D eigenvalue weighted by Crippen LogP contribution is 2.43. The van der Waals surface area contributed by atoms with Gasteiger partial charge in [-0.2, -0.15) is 0 Å². The van der Waals surface area contributed by atoms with Crippen molar-refractivity contribution >= 4 is 19.8 Å². The van der Waals surface area contributed by atoms with Crippen LogP contribution >= 0.6 is 7.82 Å². The summed E-state index contributed by atoms with van der Waals surface area (Å²) >= 11 is 0. The van der Waals surface area contributed by atoms with E-state index in [1.807, 2.05) is 0 Å². The summed E-state index contributed by atoms with van der Waals surface area (Å²) in [6, 6.07) is 0. The van der Waals surface area contributed by atoms with Gasteiger partial charge in [0.1, 0.15) is 6.61 Å². The Hall–Kier alpha value is -1.51. The summed E-state index contributed by atoms with van der Waals surface area (Å²) in [6.45, 7) is 3.75. The van der Waals surface area contributed by atoms with Gasteiger partial charge in [0.2, 0.25) is 0 Å². The fraction of sp³-hybridized carbons (Fsp3) is 0.875. The molecule has 0 aliphatic rings. The van der Waals surface area contributed by atoms with Crippen molar-refractivity contribution in [3.63, 3.8) is 0 Å². The van der Waals surface area contributed by atoms with Gasteiger partial charge in [0, 0.05) is 19.4 Å². The van der Waals surface area contributed by atoms with E-state index in [-0.39, 0.29) is 38.6 Å². The SMILES string of the molecule is CCCCCCCCC/C=C\CCCCCCCC(=O)OCC(COP(=O)(O)OCCN)OC(=O)CCCCCCCCCCC/C=C\CCCCCCCCCC. The second-order valence-corrected chi connectivity index (χ2v) is 17.8. The lowest BCUT2D eigenvalue weighted by Crippen LogP contribution is -2.29. The number of rotatable bonds is 46. The number of carbonyl (C=O) groups is 2. The molecule has 0 spiro atoms. The van der Waals surface area contributed by atoms with Crippen molar-refractivity contribution in [1.29, 1.82) is 0 Å². The molecule has 9 nitrogen and oxygen atoms in total. The number of allylic oxidation sites excluding steroid dienone is 4. The van der Waals surface area contributed by atoms with Gasteiger partial charge in [-0.05, 0) is 64.2 Å². The minimum atomic E-state index is -4.38. The van der Waals surface area contributed by atoms with Gasteiger partial charge in [0.05, 0.1) is 13.2 Å². The lowest BCUT2D eigenvalue weighted by atomic mass is 10.1. The quantitative estimate of drug-likeness (QED) is 0.0266. The Labute approximate surface area is 357 Å². The number of unbranched alkanes of at least 4 members (excludes halogenated alkanes) is 29. The highest BCUT2D eigenvalue weighted by atomic mass is 31.2. The zero-order valence-electron chi connectivity index (χ0n) is 37.8. The number of nitrogens with two attached hydrogens (primary N) is 1. The largest absolute Gasteiger partial charge is 0.472 e. The molecule has 3 N–H and O–H groups in total. The maximum Gasteiger partial charge on any atom is 0.472 e. The van der Waals surface area contributed by atoms with E-state index < -0.39 is 26.5 Å². The van der Waals surface area contributed by atoms with Crippen LogP contribution in [0.5, 0.6) is 0 Å². The Morgan fingerprint density at radius 2 is 0.845 bits per heavy atom. The predicted molar refractivity (Wildman–Crippen MR) is 243 cm³/mol. The molecule has 0 aliphatic heterocycles. The molecule has 0 bridgehead atoms. The minimum Gasteiger partial charge on any atom is -0.462 e. The molecule has 342 valence electrons. The van der Waals surface area contributed by atoms with Crippen molar-refractivity contribution < 1.29 is 37.6 Å². The van der Waals surface area contributed by atoms with Gasteiger partial charge in [-0.3, -0.25) is 18.6 Å². The monoisotopic (exact) mass is 842 g/mol. The van der Waals surface area contributed by atoms with Crippen LogP contribution in [0.2, 0.25) is 0 Å². The minimum absolute atomic E-state index is 0.0532. The first-order valence-electron chi connectivity index (χ1n) is 24.3. The van der Waals surface area contributed by atoms with E-state index in [0.717, 1.165) is 57.8 Å². The van der Waals surface area contributed by atoms with Crippen LogP contribution in [-0.4, -0.2) is 49.3 Å². The zero-order chi connectivity index (χ0) is 42.5. The van der Waals surface area contributed by atoms with Gasteiger partial charge in [-0.25, -0.2) is 4.57 Å². The van der Waals surface area contributed by atoms with E-state index in [4.69, 9.17) is 24.3 Å². The van der Waals surface area contributed by atoms with Gasteiger partial charge < -0.3 is 20.1 Å². The van der Waals surface area contributed by atoms with E-state index in [1.54, 1.807) is 0 Å². The Kier molecular flexibility index (Phi) is 43.9. The number of ether oxygens (including phenoxy) is 2. The second kappa shape index (κ2) is 45.0. The molecule has 58 heavy (non-hydrogen) atoms. The third kappa shape index (κ3) is 44.1. The van der Waals surface area contributed by atoms with Crippen LogP contribution in [0.1, 0.15) is 239 Å². The first kappa shape index (κ1) is 56.5. The van der Waals surface area contributed by atoms with Gasteiger partial charge in [0.15, 0.2) is 6.10 Å². The maximum absolute atomic E-state index is 12.6. The summed E-state index contributed by atoms with van der Waals surface area (Å²) in [5.41, 5.74) is 5.36. The summed E-state index contributed by atoms with van der Waals surface area (Å²) in [5, 5.41) is 0. The first-order valence-corrected chi connectivity index (χ1v) is 25.8. The van der Waals surface area contributed by atoms with Crippen molar-refractivity contribution in [1.82, 2.24) is 0 Å². The van der Waals surface area contributed by atoms with Crippen LogP contribution in [0.4, 0.5) is 0 Å². The van der Waals surface area contributed by atoms with Gasteiger partial charge in [0.25, 0.3) is 0 Å². The van der Waals surface area contributed by atoms with Crippen LogP contribution < -0.4 is 5.73 Å². The lowest BCUT2D eigenvalue weighted by molar-refractivity contribution is -0.161. The maximum atomic E-state index is 12.6. The van der Waals surface area contributed by atoms with E-state index in [9.17, 15) is 19.0 Å². The molecule has 0 aromatic carbocycles. The number of hydrogen-bond acceptors (Lipinski definition) is 8. The molecule has 0 aromatic rings. The Bertz CT molecular complexity index is 1010. The Morgan fingerprint density at radius 3 is 1.22 bits per heavy atom. The van der Waals surface area contributed by atoms with Gasteiger partial charge >= 0.3 is 19.8 Å². The molecule has 0 rings (SSSR count). The molecule has 0 saturated carbocycles. The number of phosphoric acid groups is 1. The first-order chi connectivity index (χ1) is 28.3. The van der Waals surface area contributed by atoms with Crippen LogP contribution in [0, 0.1) is 0 Å². The molecule has 0 saturated heterocycles. The smallest absolute Gasteiger partial charge is 0.462 e. The lowest BCUT2D eigenvalue weighted by Gasteiger charge is -2.19. The summed E-state index contributed by atoms with van der Waals surface area (Å²) < 4.78 is 32.9. The normalized spacial score (nSPS) is 13.4. The van der Waals surface area contributed by atoms with Crippen LogP contribution in [-0.2, 0) is 32.7 Å². The van der Waals surface area contributed by atoms with Gasteiger partial charge in [-0.1, -0.05) is 186 Å². The van der Waals surface area contributed by atoms with Crippen molar-refractivity contribution in [2.45, 2.75) is 245 Å². The molecule has 2 atom stereocenters. The average Bonchev–Trinajstić information content (AvgIpc) is 3.21. The van der Waals surface area contributed by atoms with Crippen LogP contribution in [0.15, 0.2) is 24.3 Å². The fourth-order valence-electron chi connectivity index (χ4n) is 6.92.